The van der Waals surface area contributed by atoms with Crippen molar-refractivity contribution in [3.05, 3.63) is 0 Å². The number of piperidine rings is 3. The molecule has 3 saturated heterocycles. The van der Waals surface area contributed by atoms with E-state index in [4.69, 9.17) is 4.74 Å². The smallest absolute Gasteiger partial charge is 0.305 e. The average molecular weight is 220 g/mol. The minimum absolute atomic E-state index is 0. The van der Waals surface area contributed by atoms with Crippen molar-refractivity contribution in [1.29, 1.82) is 0 Å². The van der Waals surface area contributed by atoms with Crippen molar-refractivity contribution in [2.24, 2.45) is 11.8 Å². The van der Waals surface area contributed by atoms with Gasteiger partial charge in [0, 0.05) is 13.0 Å². The third kappa shape index (κ3) is 2.39. The molecule has 0 amide bonds. The Morgan fingerprint density at radius 2 is 2.07 bits per heavy atom. The molecule has 0 aromatic carbocycles. The Kier molecular flexibility index (Phi) is 4.20. The zero-order chi connectivity index (χ0) is 9.26. The van der Waals surface area contributed by atoms with E-state index in [1.807, 2.05) is 0 Å². The molecule has 3 rings (SSSR count). The van der Waals surface area contributed by atoms with Gasteiger partial charge >= 0.3 is 5.97 Å². The van der Waals surface area contributed by atoms with Crippen molar-refractivity contribution >= 4 is 18.4 Å². The molecule has 0 saturated carbocycles. The maximum absolute atomic E-state index is 11.1. The second-order valence-corrected chi connectivity index (χ2v) is 4.18. The summed E-state index contributed by atoms with van der Waals surface area (Å²) in [6.45, 7) is 3.59. The summed E-state index contributed by atoms with van der Waals surface area (Å²) in [5.41, 5.74) is 0. The van der Waals surface area contributed by atoms with Gasteiger partial charge in [-0.15, -0.1) is 12.4 Å². The number of methoxy groups -OCH3 is 1. The highest BCUT2D eigenvalue weighted by Crippen LogP contribution is 2.34. The second kappa shape index (κ2) is 4.99. The topological polar surface area (TPSA) is 29.5 Å². The summed E-state index contributed by atoms with van der Waals surface area (Å²) in [5, 5.41) is 0. The Morgan fingerprint density at radius 3 is 2.50 bits per heavy atom. The molecule has 0 aromatic heterocycles. The van der Waals surface area contributed by atoms with E-state index in [1.165, 1.54) is 33.0 Å². The number of hydrogen-bond donors (Lipinski definition) is 0. The van der Waals surface area contributed by atoms with Crippen molar-refractivity contribution in [3.8, 4) is 0 Å². The lowest BCUT2D eigenvalue weighted by atomic mass is 9.77. The molecule has 3 fully saturated rings. The molecular formula is C10H18ClNO2. The van der Waals surface area contributed by atoms with E-state index in [0.717, 1.165) is 12.5 Å². The van der Waals surface area contributed by atoms with Crippen LogP contribution in [0.1, 0.15) is 19.3 Å². The molecule has 0 spiro atoms. The number of nitrogens with zero attached hydrogens (tertiary/aromatic N) is 1. The maximum Gasteiger partial charge on any atom is 0.305 e. The average Bonchev–Trinajstić information content (AvgIpc) is 2.19. The second-order valence-electron chi connectivity index (χ2n) is 4.18. The van der Waals surface area contributed by atoms with Gasteiger partial charge in [-0.05, 0) is 37.8 Å². The molecule has 3 aliphatic heterocycles. The van der Waals surface area contributed by atoms with Crippen LogP contribution in [0.5, 0.6) is 0 Å². The van der Waals surface area contributed by atoms with Gasteiger partial charge in [-0.3, -0.25) is 4.79 Å². The van der Waals surface area contributed by atoms with Gasteiger partial charge in [0.1, 0.15) is 0 Å². The summed E-state index contributed by atoms with van der Waals surface area (Å²) >= 11 is 0. The summed E-state index contributed by atoms with van der Waals surface area (Å²) < 4.78 is 4.70. The van der Waals surface area contributed by atoms with E-state index in [2.05, 4.69) is 4.90 Å². The first-order valence-corrected chi connectivity index (χ1v) is 5.09. The molecule has 0 N–H and O–H groups in total. The summed E-state index contributed by atoms with van der Waals surface area (Å²) in [6, 6.07) is 0. The van der Waals surface area contributed by atoms with E-state index in [0.29, 0.717) is 12.3 Å². The van der Waals surface area contributed by atoms with Gasteiger partial charge in [0.05, 0.1) is 7.11 Å². The third-order valence-electron chi connectivity index (χ3n) is 3.45. The predicted molar refractivity (Wildman–Crippen MR) is 56.5 cm³/mol. The van der Waals surface area contributed by atoms with Gasteiger partial charge < -0.3 is 9.64 Å². The van der Waals surface area contributed by atoms with E-state index >= 15 is 0 Å². The molecule has 14 heavy (non-hydrogen) atoms. The summed E-state index contributed by atoms with van der Waals surface area (Å²) in [6.07, 6.45) is 3.18. The van der Waals surface area contributed by atoms with Crippen LogP contribution in [-0.4, -0.2) is 37.6 Å². The lowest BCUT2D eigenvalue weighted by molar-refractivity contribution is -0.143. The molecule has 3 heterocycles. The molecule has 3 nitrogen and oxygen atoms in total. The van der Waals surface area contributed by atoms with Gasteiger partial charge in [-0.2, -0.15) is 0 Å². The SMILES string of the molecule is COC(=O)CC1CN2CCC1CC2.Cl. The number of rotatable bonds is 2. The fourth-order valence-corrected chi connectivity index (χ4v) is 2.62. The van der Waals surface area contributed by atoms with Crippen LogP contribution in [0, 0.1) is 11.8 Å². The van der Waals surface area contributed by atoms with Gasteiger partial charge in [0.2, 0.25) is 0 Å². The van der Waals surface area contributed by atoms with Gasteiger partial charge in [0.15, 0.2) is 0 Å². The summed E-state index contributed by atoms with van der Waals surface area (Å²) in [7, 11) is 1.48. The first-order chi connectivity index (χ1) is 6.29. The van der Waals surface area contributed by atoms with E-state index in [-0.39, 0.29) is 18.4 Å². The Balaban J connectivity index is 0.000000980. The van der Waals surface area contributed by atoms with E-state index in [9.17, 15) is 4.79 Å². The standard InChI is InChI=1S/C10H17NO2.ClH/c1-13-10(12)6-9-7-11-4-2-8(9)3-5-11;/h8-9H,2-7H2,1H3;1H. The number of hydrogen-bond acceptors (Lipinski definition) is 3. The highest BCUT2D eigenvalue weighted by molar-refractivity contribution is 5.85. The maximum atomic E-state index is 11.1. The van der Waals surface area contributed by atoms with Crippen LogP contribution in [0.2, 0.25) is 0 Å². The zero-order valence-corrected chi connectivity index (χ0v) is 9.39. The highest BCUT2D eigenvalue weighted by atomic mass is 35.5. The molecule has 2 bridgehead atoms. The van der Waals surface area contributed by atoms with Crippen LogP contribution in [0.25, 0.3) is 0 Å². The van der Waals surface area contributed by atoms with Crippen molar-refractivity contribution in [2.75, 3.05) is 26.7 Å². The number of esters is 1. The minimum Gasteiger partial charge on any atom is -0.469 e. The van der Waals surface area contributed by atoms with Crippen molar-refractivity contribution < 1.29 is 9.53 Å². The normalized spacial score (nSPS) is 34.8. The summed E-state index contributed by atoms with van der Waals surface area (Å²) in [4.78, 5) is 13.6. The van der Waals surface area contributed by atoms with Gasteiger partial charge in [0.25, 0.3) is 0 Å². The molecule has 0 aromatic rings. The van der Waals surface area contributed by atoms with Crippen LogP contribution in [0.3, 0.4) is 0 Å². The minimum atomic E-state index is -0.0428. The molecule has 1 atom stereocenters. The number of halogens is 1. The molecular weight excluding hydrogens is 202 g/mol. The van der Waals surface area contributed by atoms with Crippen LogP contribution in [0.15, 0.2) is 0 Å². The van der Waals surface area contributed by atoms with Crippen LogP contribution in [0.4, 0.5) is 0 Å². The van der Waals surface area contributed by atoms with Gasteiger partial charge in [-0.1, -0.05) is 0 Å². The number of fused-ring (bicyclic) bond motifs is 3. The fourth-order valence-electron chi connectivity index (χ4n) is 2.62. The van der Waals surface area contributed by atoms with E-state index in [1.54, 1.807) is 0 Å². The zero-order valence-electron chi connectivity index (χ0n) is 8.57. The van der Waals surface area contributed by atoms with Crippen molar-refractivity contribution in [2.45, 2.75) is 19.3 Å². The fraction of sp³-hybridized carbons (Fsp3) is 0.900. The monoisotopic (exact) mass is 219 g/mol. The van der Waals surface area contributed by atoms with Crippen LogP contribution < -0.4 is 0 Å². The quantitative estimate of drug-likeness (QED) is 0.656. The Labute approximate surface area is 91.2 Å². The van der Waals surface area contributed by atoms with Crippen molar-refractivity contribution in [3.63, 3.8) is 0 Å². The predicted octanol–water partition coefficient (Wildman–Crippen LogP) is 1.31. The lowest BCUT2D eigenvalue weighted by Gasteiger charge is -2.44. The van der Waals surface area contributed by atoms with Crippen molar-refractivity contribution in [1.82, 2.24) is 4.90 Å². The number of ether oxygens (including phenoxy) is 1. The van der Waals surface area contributed by atoms with E-state index < -0.39 is 0 Å². The van der Waals surface area contributed by atoms with Crippen LogP contribution in [-0.2, 0) is 9.53 Å². The Hall–Kier alpha value is -0.280. The molecule has 0 aliphatic carbocycles. The molecule has 0 radical (unpaired) electrons. The molecule has 82 valence electrons. The lowest BCUT2D eigenvalue weighted by Crippen LogP contribution is -2.47. The molecule has 1 unspecified atom stereocenters. The first kappa shape index (κ1) is 11.8. The molecule has 3 aliphatic rings. The number of carbonyl (C=O) groups is 1. The first-order valence-electron chi connectivity index (χ1n) is 5.09. The largest absolute Gasteiger partial charge is 0.469 e. The molecule has 4 heteroatoms. The third-order valence-corrected chi connectivity index (χ3v) is 3.45. The number of carbonyl (C=O) groups excluding carboxylic acids is 1. The summed E-state index contributed by atoms with van der Waals surface area (Å²) in [5.74, 6) is 1.30. The van der Waals surface area contributed by atoms with Crippen LogP contribution >= 0.6 is 12.4 Å². The highest BCUT2D eigenvalue weighted by Gasteiger charge is 2.35. The Bertz CT molecular complexity index is 202. The Morgan fingerprint density at radius 1 is 1.43 bits per heavy atom. The van der Waals surface area contributed by atoms with Gasteiger partial charge in [-0.25, -0.2) is 0 Å².